The SMILES string of the molecule is CC(C)(O)O.OCCCC1CC(O)C1.OCc1ccc2ccccc2c1. The van der Waals surface area contributed by atoms with Crippen molar-refractivity contribution >= 4 is 10.8 Å². The number of hydrogen-bond donors (Lipinski definition) is 5. The third kappa shape index (κ3) is 9.85. The minimum absolute atomic E-state index is 0.0336. The maximum atomic E-state index is 8.90. The standard InChI is InChI=1S/C11H10O.C7H14O2.C3H8O2/c12-8-9-5-6-10-3-1-2-4-11(10)7-9;8-3-1-2-6-4-7(9)5-6;1-3(2,4)5/h1-7,12H,8H2;6-9H,1-5H2;4-5H,1-2H3. The van der Waals surface area contributed by atoms with Gasteiger partial charge in [0.25, 0.3) is 0 Å². The van der Waals surface area contributed by atoms with Crippen molar-refractivity contribution in [1.29, 1.82) is 0 Å². The van der Waals surface area contributed by atoms with E-state index in [1.165, 1.54) is 24.6 Å². The molecule has 0 amide bonds. The molecule has 0 bridgehead atoms. The summed E-state index contributed by atoms with van der Waals surface area (Å²) in [4.78, 5) is 0. The van der Waals surface area contributed by atoms with Gasteiger partial charge in [0.2, 0.25) is 0 Å². The molecule has 5 N–H and O–H groups in total. The highest BCUT2D eigenvalue weighted by Gasteiger charge is 2.25. The molecule has 0 unspecified atom stereocenters. The number of rotatable bonds is 4. The fraction of sp³-hybridized carbons (Fsp3) is 0.524. The Labute approximate surface area is 155 Å². The predicted octanol–water partition coefficient (Wildman–Crippen LogP) is 2.57. The van der Waals surface area contributed by atoms with Crippen LogP contribution in [0.15, 0.2) is 42.5 Å². The summed E-state index contributed by atoms with van der Waals surface area (Å²) in [5.74, 6) is -0.799. The molecule has 0 aromatic heterocycles. The van der Waals surface area contributed by atoms with E-state index in [4.69, 9.17) is 25.5 Å². The molecule has 3 rings (SSSR count). The number of fused-ring (bicyclic) bond motifs is 1. The summed E-state index contributed by atoms with van der Waals surface area (Å²) < 4.78 is 0. The number of benzene rings is 2. The molecule has 5 nitrogen and oxygen atoms in total. The molecule has 1 aliphatic rings. The van der Waals surface area contributed by atoms with E-state index in [0.29, 0.717) is 12.5 Å². The van der Waals surface area contributed by atoms with Crippen molar-refractivity contribution < 1.29 is 25.5 Å². The summed E-state index contributed by atoms with van der Waals surface area (Å²) >= 11 is 0. The van der Waals surface area contributed by atoms with Gasteiger partial charge in [0.1, 0.15) is 0 Å². The Balaban J connectivity index is 0.000000214. The highest BCUT2D eigenvalue weighted by molar-refractivity contribution is 5.82. The van der Waals surface area contributed by atoms with Gasteiger partial charge in [-0.15, -0.1) is 0 Å². The van der Waals surface area contributed by atoms with Gasteiger partial charge in [0.15, 0.2) is 5.79 Å². The first-order chi connectivity index (χ1) is 12.2. The van der Waals surface area contributed by atoms with Gasteiger partial charge in [-0.2, -0.15) is 0 Å². The Bertz CT molecular complexity index is 624. The van der Waals surface area contributed by atoms with Crippen LogP contribution in [0.2, 0.25) is 0 Å². The second-order valence-electron chi connectivity index (χ2n) is 7.19. The lowest BCUT2D eigenvalue weighted by Gasteiger charge is -2.30. The average molecular weight is 364 g/mol. The molecule has 0 saturated heterocycles. The van der Waals surface area contributed by atoms with Crippen LogP contribution in [-0.2, 0) is 6.61 Å². The Morgan fingerprint density at radius 1 is 0.962 bits per heavy atom. The number of aliphatic hydroxyl groups is 5. The zero-order chi connectivity index (χ0) is 19.6. The second kappa shape index (κ2) is 11.3. The average Bonchev–Trinajstić information content (AvgIpc) is 2.56. The Morgan fingerprint density at radius 2 is 1.54 bits per heavy atom. The third-order valence-electron chi connectivity index (χ3n) is 3.98. The lowest BCUT2D eigenvalue weighted by molar-refractivity contribution is -0.127. The van der Waals surface area contributed by atoms with Crippen molar-refractivity contribution in [2.75, 3.05) is 6.61 Å². The van der Waals surface area contributed by atoms with E-state index in [0.717, 1.165) is 31.2 Å². The molecule has 1 fully saturated rings. The molecule has 0 heterocycles. The van der Waals surface area contributed by atoms with Gasteiger partial charge in [0, 0.05) is 6.61 Å². The van der Waals surface area contributed by atoms with E-state index < -0.39 is 5.79 Å². The summed E-state index contributed by atoms with van der Waals surface area (Å²) in [6.45, 7) is 3.01. The highest BCUT2D eigenvalue weighted by Crippen LogP contribution is 2.30. The first kappa shape index (κ1) is 22.5. The van der Waals surface area contributed by atoms with Crippen LogP contribution in [-0.4, -0.2) is 44.0 Å². The normalized spacial score (nSPS) is 18.9. The van der Waals surface area contributed by atoms with Gasteiger partial charge in [-0.3, -0.25) is 0 Å². The molecule has 0 radical (unpaired) electrons. The minimum atomic E-state index is -1.50. The van der Waals surface area contributed by atoms with Crippen molar-refractivity contribution in [3.05, 3.63) is 48.0 Å². The quantitative estimate of drug-likeness (QED) is 0.537. The largest absolute Gasteiger partial charge is 0.396 e. The summed E-state index contributed by atoms with van der Waals surface area (Å²) in [6, 6.07) is 14.1. The smallest absolute Gasteiger partial charge is 0.156 e. The number of aliphatic hydroxyl groups excluding tert-OH is 3. The fourth-order valence-corrected chi connectivity index (χ4v) is 2.65. The molecule has 0 aliphatic heterocycles. The molecule has 5 heteroatoms. The van der Waals surface area contributed by atoms with Crippen LogP contribution >= 0.6 is 0 Å². The Morgan fingerprint density at radius 3 is 2.04 bits per heavy atom. The van der Waals surface area contributed by atoms with E-state index in [1.54, 1.807) is 0 Å². The molecule has 146 valence electrons. The van der Waals surface area contributed by atoms with E-state index in [9.17, 15) is 0 Å². The predicted molar refractivity (Wildman–Crippen MR) is 103 cm³/mol. The van der Waals surface area contributed by atoms with Crippen LogP contribution < -0.4 is 0 Å². The zero-order valence-electron chi connectivity index (χ0n) is 15.7. The van der Waals surface area contributed by atoms with Crippen LogP contribution in [0.5, 0.6) is 0 Å². The van der Waals surface area contributed by atoms with Crippen LogP contribution in [0.3, 0.4) is 0 Å². The van der Waals surface area contributed by atoms with E-state index in [2.05, 4.69) is 12.1 Å². The van der Waals surface area contributed by atoms with E-state index in [-0.39, 0.29) is 12.7 Å². The van der Waals surface area contributed by atoms with Gasteiger partial charge < -0.3 is 25.5 Å². The summed E-state index contributed by atoms with van der Waals surface area (Å²) in [7, 11) is 0. The van der Waals surface area contributed by atoms with E-state index in [1.807, 2.05) is 30.3 Å². The van der Waals surface area contributed by atoms with Gasteiger partial charge in [-0.05, 0) is 67.9 Å². The summed E-state index contributed by atoms with van der Waals surface area (Å²) in [6.07, 6.45) is 3.87. The lowest BCUT2D eigenvalue weighted by Crippen LogP contribution is -2.28. The van der Waals surface area contributed by atoms with Gasteiger partial charge >= 0.3 is 0 Å². The van der Waals surface area contributed by atoms with Crippen LogP contribution in [0.25, 0.3) is 10.8 Å². The van der Waals surface area contributed by atoms with Crippen molar-refractivity contribution in [3.63, 3.8) is 0 Å². The topological polar surface area (TPSA) is 101 Å². The molecule has 1 saturated carbocycles. The summed E-state index contributed by atoms with van der Waals surface area (Å²) in [5, 5.41) is 44.7. The van der Waals surface area contributed by atoms with Crippen LogP contribution in [0.4, 0.5) is 0 Å². The highest BCUT2D eigenvalue weighted by atomic mass is 16.5. The molecule has 2 aromatic carbocycles. The fourth-order valence-electron chi connectivity index (χ4n) is 2.65. The molecule has 0 atom stereocenters. The number of hydrogen-bond acceptors (Lipinski definition) is 5. The molecule has 2 aromatic rings. The van der Waals surface area contributed by atoms with Gasteiger partial charge in [0.05, 0.1) is 12.7 Å². The van der Waals surface area contributed by atoms with Crippen molar-refractivity contribution in [2.45, 2.75) is 58.0 Å². The monoisotopic (exact) mass is 364 g/mol. The first-order valence-electron chi connectivity index (χ1n) is 9.05. The van der Waals surface area contributed by atoms with Crippen molar-refractivity contribution in [3.8, 4) is 0 Å². The van der Waals surface area contributed by atoms with Crippen molar-refractivity contribution in [1.82, 2.24) is 0 Å². The van der Waals surface area contributed by atoms with Gasteiger partial charge in [-0.25, -0.2) is 0 Å². The molecular formula is C21H32O5. The van der Waals surface area contributed by atoms with Crippen LogP contribution in [0.1, 0.15) is 45.1 Å². The maximum Gasteiger partial charge on any atom is 0.156 e. The third-order valence-corrected chi connectivity index (χ3v) is 3.98. The Hall–Kier alpha value is -1.50. The van der Waals surface area contributed by atoms with Crippen LogP contribution in [0, 0.1) is 5.92 Å². The zero-order valence-corrected chi connectivity index (χ0v) is 15.7. The van der Waals surface area contributed by atoms with E-state index >= 15 is 0 Å². The van der Waals surface area contributed by atoms with Crippen molar-refractivity contribution in [2.24, 2.45) is 5.92 Å². The molecule has 1 aliphatic carbocycles. The first-order valence-corrected chi connectivity index (χ1v) is 9.05. The maximum absolute atomic E-state index is 8.90. The molecule has 26 heavy (non-hydrogen) atoms. The summed E-state index contributed by atoms with van der Waals surface area (Å²) in [5.41, 5.74) is 0.966. The minimum Gasteiger partial charge on any atom is -0.396 e. The molecular weight excluding hydrogens is 332 g/mol. The van der Waals surface area contributed by atoms with Gasteiger partial charge in [-0.1, -0.05) is 36.4 Å². The molecule has 0 spiro atoms. The second-order valence-corrected chi connectivity index (χ2v) is 7.19. The lowest BCUT2D eigenvalue weighted by atomic mass is 9.80. The Kier molecular flexibility index (Phi) is 9.76.